The van der Waals surface area contributed by atoms with Crippen molar-refractivity contribution in [2.45, 2.75) is 38.5 Å². The fourth-order valence-corrected chi connectivity index (χ4v) is 4.20. The van der Waals surface area contributed by atoms with E-state index >= 15 is 0 Å². The predicted octanol–water partition coefficient (Wildman–Crippen LogP) is 3.72. The molecule has 0 spiro atoms. The Kier molecular flexibility index (Phi) is 5.48. The highest BCUT2D eigenvalue weighted by Crippen LogP contribution is 2.32. The number of phenols is 2. The van der Waals surface area contributed by atoms with Gasteiger partial charge in [0.15, 0.2) is 11.5 Å². The van der Waals surface area contributed by atoms with Gasteiger partial charge in [-0.15, -0.1) is 0 Å². The largest absolute Gasteiger partial charge is 0.504 e. The molecule has 2 N–H and O–H groups in total. The summed E-state index contributed by atoms with van der Waals surface area (Å²) in [4.78, 5) is 26.6. The van der Waals surface area contributed by atoms with Gasteiger partial charge in [0.2, 0.25) is 5.91 Å². The van der Waals surface area contributed by atoms with Crippen molar-refractivity contribution in [1.29, 1.82) is 0 Å². The maximum Gasteiger partial charge on any atom is 0.336 e. The van der Waals surface area contributed by atoms with Crippen LogP contribution in [-0.2, 0) is 17.6 Å². The molecule has 0 saturated carbocycles. The van der Waals surface area contributed by atoms with Crippen LogP contribution in [0, 0.1) is 0 Å². The lowest BCUT2D eigenvalue weighted by molar-refractivity contribution is -0.131. The summed E-state index contributed by atoms with van der Waals surface area (Å²) in [7, 11) is 0. The highest BCUT2D eigenvalue weighted by Gasteiger charge is 2.25. The van der Waals surface area contributed by atoms with Crippen LogP contribution < -0.4 is 5.63 Å². The zero-order valence-electron chi connectivity index (χ0n) is 16.9. The Morgan fingerprint density at radius 3 is 2.57 bits per heavy atom. The van der Waals surface area contributed by atoms with Crippen molar-refractivity contribution in [3.8, 4) is 11.5 Å². The molecule has 0 aliphatic carbocycles. The maximum atomic E-state index is 12.9. The molecular formula is C24H25NO5. The lowest BCUT2D eigenvalue weighted by Crippen LogP contribution is -2.38. The van der Waals surface area contributed by atoms with Crippen molar-refractivity contribution >= 4 is 16.9 Å². The number of benzene rings is 2. The van der Waals surface area contributed by atoms with E-state index in [1.165, 1.54) is 29.3 Å². The Labute approximate surface area is 174 Å². The van der Waals surface area contributed by atoms with Gasteiger partial charge in [0, 0.05) is 30.6 Å². The third-order valence-electron chi connectivity index (χ3n) is 5.95. The number of carbonyl (C=O) groups is 1. The summed E-state index contributed by atoms with van der Waals surface area (Å²) < 4.78 is 5.10. The molecular weight excluding hydrogens is 382 g/mol. The molecule has 1 saturated heterocycles. The van der Waals surface area contributed by atoms with Gasteiger partial charge in [-0.25, -0.2) is 4.79 Å². The first kappa shape index (κ1) is 20.0. The smallest absolute Gasteiger partial charge is 0.336 e. The summed E-state index contributed by atoms with van der Waals surface area (Å²) in [5, 5.41) is 19.9. The van der Waals surface area contributed by atoms with Gasteiger partial charge in [-0.2, -0.15) is 0 Å². The zero-order valence-corrected chi connectivity index (χ0v) is 16.9. The van der Waals surface area contributed by atoms with Crippen LogP contribution in [0.1, 0.15) is 42.4 Å². The standard InChI is InChI=1S/C24H25NO5/c1-2-15-4-3-5-17(10-15)16-6-8-25(9-7-16)23(28)11-18-12-24(29)30-22-14-21(27)20(26)13-19(18)22/h3-5,10,12-14,16,26-27H,2,6-9,11H2,1H3. The Bertz CT molecular complexity index is 1140. The number of phenolic OH excluding ortho intramolecular Hbond substituents is 2. The Hall–Kier alpha value is -3.28. The molecule has 1 aromatic heterocycles. The molecule has 1 amide bonds. The first-order chi connectivity index (χ1) is 14.4. The molecule has 6 heteroatoms. The van der Waals surface area contributed by atoms with E-state index in [2.05, 4.69) is 31.2 Å². The number of aryl methyl sites for hydroxylation is 1. The van der Waals surface area contributed by atoms with Gasteiger partial charge < -0.3 is 19.5 Å². The maximum absolute atomic E-state index is 12.9. The summed E-state index contributed by atoms with van der Waals surface area (Å²) in [6, 6.07) is 12.5. The fraction of sp³-hybridized carbons (Fsp3) is 0.333. The van der Waals surface area contributed by atoms with Crippen LogP contribution in [0.25, 0.3) is 11.0 Å². The monoisotopic (exact) mass is 407 g/mol. The molecule has 6 nitrogen and oxygen atoms in total. The predicted molar refractivity (Wildman–Crippen MR) is 114 cm³/mol. The van der Waals surface area contributed by atoms with Crippen molar-refractivity contribution in [3.05, 3.63) is 69.6 Å². The average Bonchev–Trinajstić information content (AvgIpc) is 2.75. The number of rotatable bonds is 4. The average molecular weight is 407 g/mol. The third kappa shape index (κ3) is 4.03. The second kappa shape index (κ2) is 8.22. The molecule has 0 atom stereocenters. The quantitative estimate of drug-likeness (QED) is 0.508. The summed E-state index contributed by atoms with van der Waals surface area (Å²) in [5.41, 5.74) is 2.71. The second-order valence-corrected chi connectivity index (χ2v) is 7.86. The van der Waals surface area contributed by atoms with Crippen molar-refractivity contribution in [3.63, 3.8) is 0 Å². The number of carbonyl (C=O) groups excluding carboxylic acids is 1. The molecule has 30 heavy (non-hydrogen) atoms. The number of fused-ring (bicyclic) bond motifs is 1. The lowest BCUT2D eigenvalue weighted by Gasteiger charge is -2.32. The zero-order chi connectivity index (χ0) is 21.3. The molecule has 156 valence electrons. The SMILES string of the molecule is CCc1cccc(C2CCN(C(=O)Cc3cc(=O)oc4cc(O)c(O)cc34)CC2)c1. The molecule has 1 aliphatic rings. The van der Waals surface area contributed by atoms with E-state index in [9.17, 15) is 19.8 Å². The van der Waals surface area contributed by atoms with Crippen LogP contribution >= 0.6 is 0 Å². The van der Waals surface area contributed by atoms with Gasteiger partial charge in [0.05, 0.1) is 6.42 Å². The number of piperidine rings is 1. The van der Waals surface area contributed by atoms with Crippen molar-refractivity contribution in [2.24, 2.45) is 0 Å². The highest BCUT2D eigenvalue weighted by atomic mass is 16.4. The molecule has 4 rings (SSSR count). The normalized spacial score (nSPS) is 14.9. The Morgan fingerprint density at radius 2 is 1.83 bits per heavy atom. The minimum absolute atomic E-state index is 0.0440. The number of likely N-dealkylation sites (tertiary alicyclic amines) is 1. The molecule has 3 aromatic rings. The molecule has 0 unspecified atom stereocenters. The van der Waals surface area contributed by atoms with Crippen LogP contribution in [-0.4, -0.2) is 34.1 Å². The first-order valence-electron chi connectivity index (χ1n) is 10.3. The Balaban J connectivity index is 1.48. The first-order valence-corrected chi connectivity index (χ1v) is 10.3. The van der Waals surface area contributed by atoms with E-state index < -0.39 is 5.63 Å². The van der Waals surface area contributed by atoms with Crippen molar-refractivity contribution < 1.29 is 19.4 Å². The number of amides is 1. The minimum atomic E-state index is -0.593. The summed E-state index contributed by atoms with van der Waals surface area (Å²) >= 11 is 0. The van der Waals surface area contributed by atoms with Gasteiger partial charge in [0.1, 0.15) is 5.58 Å². The lowest BCUT2D eigenvalue weighted by atomic mass is 9.88. The van der Waals surface area contributed by atoms with E-state index in [1.54, 1.807) is 0 Å². The molecule has 1 aliphatic heterocycles. The fourth-order valence-electron chi connectivity index (χ4n) is 4.20. The van der Waals surface area contributed by atoms with Crippen LogP contribution in [0.15, 0.2) is 51.7 Å². The topological polar surface area (TPSA) is 91.0 Å². The van der Waals surface area contributed by atoms with E-state index in [0.29, 0.717) is 30.0 Å². The highest BCUT2D eigenvalue weighted by molar-refractivity contribution is 5.89. The molecule has 2 heterocycles. The molecule has 2 aromatic carbocycles. The van der Waals surface area contributed by atoms with Gasteiger partial charge >= 0.3 is 5.63 Å². The minimum Gasteiger partial charge on any atom is -0.504 e. The van der Waals surface area contributed by atoms with Gasteiger partial charge in [-0.1, -0.05) is 31.2 Å². The number of nitrogens with zero attached hydrogens (tertiary/aromatic N) is 1. The van der Waals surface area contributed by atoms with Crippen LogP contribution in [0.2, 0.25) is 0 Å². The van der Waals surface area contributed by atoms with Crippen LogP contribution in [0.5, 0.6) is 11.5 Å². The van der Waals surface area contributed by atoms with Gasteiger partial charge in [0.25, 0.3) is 0 Å². The van der Waals surface area contributed by atoms with E-state index in [0.717, 1.165) is 19.3 Å². The molecule has 0 radical (unpaired) electrons. The van der Waals surface area contributed by atoms with E-state index in [-0.39, 0.29) is 29.4 Å². The van der Waals surface area contributed by atoms with Gasteiger partial charge in [-0.05, 0) is 47.9 Å². The van der Waals surface area contributed by atoms with Gasteiger partial charge in [-0.3, -0.25) is 4.79 Å². The summed E-state index contributed by atoms with van der Waals surface area (Å²) in [6.07, 6.45) is 2.87. The third-order valence-corrected chi connectivity index (χ3v) is 5.95. The summed E-state index contributed by atoms with van der Waals surface area (Å²) in [5.74, 6) is -0.302. The second-order valence-electron chi connectivity index (χ2n) is 7.86. The van der Waals surface area contributed by atoms with Crippen molar-refractivity contribution in [1.82, 2.24) is 4.90 Å². The van der Waals surface area contributed by atoms with Crippen molar-refractivity contribution in [2.75, 3.05) is 13.1 Å². The van der Waals surface area contributed by atoms with Crippen LogP contribution in [0.3, 0.4) is 0 Å². The van der Waals surface area contributed by atoms with E-state index in [1.807, 2.05) is 4.90 Å². The Morgan fingerprint density at radius 1 is 1.10 bits per heavy atom. The van der Waals surface area contributed by atoms with E-state index in [4.69, 9.17) is 4.42 Å². The van der Waals surface area contributed by atoms with Crippen LogP contribution in [0.4, 0.5) is 0 Å². The number of hydrogen-bond acceptors (Lipinski definition) is 5. The molecule has 1 fully saturated rings. The number of aromatic hydroxyl groups is 2. The molecule has 0 bridgehead atoms. The number of hydrogen-bond donors (Lipinski definition) is 2. The summed E-state index contributed by atoms with van der Waals surface area (Å²) in [6.45, 7) is 3.49.